The van der Waals surface area contributed by atoms with Gasteiger partial charge in [-0.2, -0.15) is 0 Å². The average molecular weight is 443 g/mol. The molecule has 1 saturated carbocycles. The zero-order valence-electron chi connectivity index (χ0n) is 20.0. The van der Waals surface area contributed by atoms with Gasteiger partial charge in [-0.15, -0.1) is 0 Å². The summed E-state index contributed by atoms with van der Waals surface area (Å²) in [5.41, 5.74) is 10.4. The molecule has 0 saturated heterocycles. The van der Waals surface area contributed by atoms with Gasteiger partial charge in [0.15, 0.2) is 0 Å². The highest BCUT2D eigenvalue weighted by atomic mass is 16.3. The Morgan fingerprint density at radius 1 is 1.16 bits per heavy atom. The van der Waals surface area contributed by atoms with Crippen LogP contribution in [0.25, 0.3) is 10.4 Å². The molecule has 0 bridgehead atoms. The summed E-state index contributed by atoms with van der Waals surface area (Å²) in [5.74, 6) is 0.344. The van der Waals surface area contributed by atoms with Crippen molar-refractivity contribution in [2.24, 2.45) is 22.9 Å². The van der Waals surface area contributed by atoms with Crippen LogP contribution in [-0.2, 0) is 11.2 Å². The summed E-state index contributed by atoms with van der Waals surface area (Å²) in [6.07, 6.45) is 10.5. The number of rotatable bonds is 14. The van der Waals surface area contributed by atoms with Crippen molar-refractivity contribution in [3.63, 3.8) is 0 Å². The zero-order chi connectivity index (χ0) is 23.2. The number of unbranched alkanes of at least 4 members (excludes halogenated alkanes) is 2. The lowest BCUT2D eigenvalue weighted by molar-refractivity contribution is -0.127. The third kappa shape index (κ3) is 9.62. The van der Waals surface area contributed by atoms with Crippen molar-refractivity contribution in [1.82, 2.24) is 5.32 Å². The van der Waals surface area contributed by atoms with Gasteiger partial charge in [0, 0.05) is 17.4 Å². The highest BCUT2D eigenvalue weighted by molar-refractivity contribution is 5.78. The minimum Gasteiger partial charge on any atom is -0.393 e. The van der Waals surface area contributed by atoms with E-state index < -0.39 is 12.1 Å². The van der Waals surface area contributed by atoms with Crippen LogP contribution in [0.1, 0.15) is 83.6 Å². The number of carbonyl (C=O) groups is 1. The zero-order valence-corrected chi connectivity index (χ0v) is 20.0. The predicted molar refractivity (Wildman–Crippen MR) is 130 cm³/mol. The van der Waals surface area contributed by atoms with Crippen LogP contribution in [0.15, 0.2) is 35.4 Å². The predicted octanol–water partition coefficient (Wildman–Crippen LogP) is 6.19. The van der Waals surface area contributed by atoms with E-state index in [1.807, 2.05) is 19.9 Å². The molecule has 6 nitrogen and oxygen atoms in total. The van der Waals surface area contributed by atoms with Crippen LogP contribution in [0.4, 0.5) is 0 Å². The highest BCUT2D eigenvalue weighted by Crippen LogP contribution is 2.30. The van der Waals surface area contributed by atoms with E-state index in [2.05, 4.69) is 39.6 Å². The summed E-state index contributed by atoms with van der Waals surface area (Å²) in [5, 5.41) is 17.8. The maximum absolute atomic E-state index is 12.8. The number of aliphatic hydroxyl groups excluding tert-OH is 1. The maximum atomic E-state index is 12.8. The fraction of sp³-hybridized carbons (Fsp3) is 0.731. The monoisotopic (exact) mass is 442 g/mol. The number of aryl methyl sites for hydroxylation is 1. The Bertz CT molecular complexity index is 697. The van der Waals surface area contributed by atoms with Crippen LogP contribution in [0.3, 0.4) is 0 Å². The molecule has 32 heavy (non-hydrogen) atoms. The lowest BCUT2D eigenvalue weighted by Gasteiger charge is -2.29. The number of nitrogens with zero attached hydrogens (tertiary/aromatic N) is 3. The molecular weight excluding hydrogens is 400 g/mol. The van der Waals surface area contributed by atoms with E-state index in [0.29, 0.717) is 18.9 Å². The first-order valence-corrected chi connectivity index (χ1v) is 12.5. The third-order valence-electron chi connectivity index (χ3n) is 6.86. The van der Waals surface area contributed by atoms with E-state index in [1.165, 1.54) is 24.8 Å². The number of carbonyl (C=O) groups excluding carboxylic acids is 1. The van der Waals surface area contributed by atoms with Gasteiger partial charge in [-0.3, -0.25) is 4.79 Å². The smallest absolute Gasteiger partial charge is 0.223 e. The van der Waals surface area contributed by atoms with E-state index in [0.717, 1.165) is 44.9 Å². The lowest BCUT2D eigenvalue weighted by atomic mass is 9.81. The molecule has 0 aromatic heterocycles. The fourth-order valence-electron chi connectivity index (χ4n) is 4.83. The molecule has 1 amide bonds. The molecule has 0 spiro atoms. The van der Waals surface area contributed by atoms with Crippen LogP contribution >= 0.6 is 0 Å². The molecular formula is C26H42N4O2. The van der Waals surface area contributed by atoms with Gasteiger partial charge < -0.3 is 10.4 Å². The fourth-order valence-corrected chi connectivity index (χ4v) is 4.83. The summed E-state index contributed by atoms with van der Waals surface area (Å²) in [4.78, 5) is 15.8. The molecule has 1 aromatic carbocycles. The van der Waals surface area contributed by atoms with Crippen LogP contribution < -0.4 is 5.32 Å². The summed E-state index contributed by atoms with van der Waals surface area (Å²) in [7, 11) is 0. The number of nitrogens with one attached hydrogen (secondary N) is 1. The van der Waals surface area contributed by atoms with Gasteiger partial charge in [0.25, 0.3) is 0 Å². The van der Waals surface area contributed by atoms with Crippen molar-refractivity contribution in [3.8, 4) is 0 Å². The van der Waals surface area contributed by atoms with E-state index in [1.54, 1.807) is 0 Å². The Morgan fingerprint density at radius 3 is 2.53 bits per heavy atom. The Kier molecular flexibility index (Phi) is 12.2. The Labute approximate surface area is 193 Å². The lowest BCUT2D eigenvalue weighted by Crippen LogP contribution is -2.39. The minimum atomic E-state index is -0.781. The van der Waals surface area contributed by atoms with Gasteiger partial charge in [-0.05, 0) is 55.0 Å². The van der Waals surface area contributed by atoms with Crippen LogP contribution in [-0.4, -0.2) is 29.7 Å². The molecule has 0 unspecified atom stereocenters. The summed E-state index contributed by atoms with van der Waals surface area (Å²) < 4.78 is 0. The maximum Gasteiger partial charge on any atom is 0.223 e. The molecule has 0 radical (unpaired) electrons. The second kappa shape index (κ2) is 14.9. The highest BCUT2D eigenvalue weighted by Gasteiger charge is 2.30. The summed E-state index contributed by atoms with van der Waals surface area (Å²) in [6, 6.07) is 10.0. The van der Waals surface area contributed by atoms with E-state index in [9.17, 15) is 9.90 Å². The molecule has 1 aliphatic carbocycles. The van der Waals surface area contributed by atoms with Gasteiger partial charge in [-0.25, -0.2) is 0 Å². The van der Waals surface area contributed by atoms with E-state index in [4.69, 9.17) is 5.53 Å². The quantitative estimate of drug-likeness (QED) is 0.155. The van der Waals surface area contributed by atoms with E-state index in [-0.39, 0.29) is 17.7 Å². The number of amides is 1. The first kappa shape index (κ1) is 26.2. The van der Waals surface area contributed by atoms with Crippen molar-refractivity contribution < 1.29 is 9.90 Å². The Hall–Kier alpha value is -2.04. The first-order chi connectivity index (χ1) is 15.5. The summed E-state index contributed by atoms with van der Waals surface area (Å²) >= 11 is 0. The Balaban J connectivity index is 1.75. The molecule has 2 N–H and O–H groups in total. The van der Waals surface area contributed by atoms with E-state index >= 15 is 0 Å². The van der Waals surface area contributed by atoms with Gasteiger partial charge in [0.1, 0.15) is 0 Å². The number of benzene rings is 1. The van der Waals surface area contributed by atoms with Crippen molar-refractivity contribution in [3.05, 3.63) is 46.3 Å². The normalized spacial score (nSPS) is 17.4. The molecule has 3 atom stereocenters. The van der Waals surface area contributed by atoms with Crippen molar-refractivity contribution >= 4 is 5.91 Å². The van der Waals surface area contributed by atoms with Gasteiger partial charge in [0.2, 0.25) is 5.91 Å². The minimum absolute atomic E-state index is 0.000497. The molecule has 1 aliphatic rings. The van der Waals surface area contributed by atoms with Crippen LogP contribution in [0, 0.1) is 17.8 Å². The Morgan fingerprint density at radius 2 is 1.88 bits per heavy atom. The van der Waals surface area contributed by atoms with Crippen molar-refractivity contribution in [2.45, 2.75) is 96.6 Å². The second-order valence-corrected chi connectivity index (χ2v) is 9.75. The molecule has 0 heterocycles. The molecule has 1 aromatic rings. The second-order valence-electron chi connectivity index (χ2n) is 9.75. The van der Waals surface area contributed by atoms with Gasteiger partial charge >= 0.3 is 0 Å². The number of hydrogen-bond acceptors (Lipinski definition) is 3. The molecule has 178 valence electrons. The van der Waals surface area contributed by atoms with Crippen molar-refractivity contribution in [1.29, 1.82) is 0 Å². The largest absolute Gasteiger partial charge is 0.393 e. The van der Waals surface area contributed by atoms with Crippen LogP contribution in [0.2, 0.25) is 0 Å². The van der Waals surface area contributed by atoms with Crippen LogP contribution in [0.5, 0.6) is 0 Å². The topological polar surface area (TPSA) is 98.1 Å². The average Bonchev–Trinajstić information content (AvgIpc) is 2.80. The standard InChI is InChI=1S/C26H42N4O2/c1-20(2)23(19-25(31)24(29-30-27)18-22-15-8-4-9-16-22)26(32)28-17-11-5-10-14-21-12-6-3-7-13-21/h3,6-7,12-13,20,22-25,31H,4-5,8-11,14-19H2,1-2H3,(H,28,32)/t23-,24-,25-/m0/s1. The number of aliphatic hydroxyl groups is 1. The molecule has 1 fully saturated rings. The number of azide groups is 1. The first-order valence-electron chi connectivity index (χ1n) is 12.5. The van der Waals surface area contributed by atoms with Gasteiger partial charge in [0.05, 0.1) is 12.1 Å². The molecule has 6 heteroatoms. The SMILES string of the molecule is CC(C)[C@H](C[C@H](O)[C@H](CC1CCCCC1)N=[N+]=[N-])C(=O)NCCCCCc1ccccc1. The summed E-state index contributed by atoms with van der Waals surface area (Å²) in [6.45, 7) is 4.69. The van der Waals surface area contributed by atoms with Crippen molar-refractivity contribution in [2.75, 3.05) is 6.54 Å². The molecule has 0 aliphatic heterocycles. The molecule has 2 rings (SSSR count). The number of hydrogen-bond donors (Lipinski definition) is 2. The third-order valence-corrected chi connectivity index (χ3v) is 6.86. The van der Waals surface area contributed by atoms with Gasteiger partial charge in [-0.1, -0.05) is 87.8 Å².